The molecule has 3 rings (SSSR count). The van der Waals surface area contributed by atoms with Gasteiger partial charge in [-0.2, -0.15) is 0 Å². The van der Waals surface area contributed by atoms with E-state index in [1.54, 1.807) is 6.20 Å². The summed E-state index contributed by atoms with van der Waals surface area (Å²) in [7, 11) is 0. The number of nitrogens with one attached hydrogen (secondary N) is 1. The first-order chi connectivity index (χ1) is 11.1. The number of fused-ring (bicyclic) bond motifs is 1. The molecule has 126 valence electrons. The summed E-state index contributed by atoms with van der Waals surface area (Å²) < 4.78 is 0. The van der Waals surface area contributed by atoms with Crippen LogP contribution in [0.3, 0.4) is 0 Å². The maximum absolute atomic E-state index is 12.3. The first kappa shape index (κ1) is 18.8. The van der Waals surface area contributed by atoms with E-state index in [9.17, 15) is 14.4 Å². The first-order valence-corrected chi connectivity index (χ1v) is 8.16. The number of rotatable bonds is 1. The Hall–Kier alpha value is -2.24. The van der Waals surface area contributed by atoms with E-state index in [2.05, 4.69) is 10.3 Å². The minimum absolute atomic E-state index is 0.183. The molecule has 0 bridgehead atoms. The smallest absolute Gasteiger partial charge is 0.256 e. The predicted octanol–water partition coefficient (Wildman–Crippen LogP) is 2.20. The van der Waals surface area contributed by atoms with Crippen molar-refractivity contribution in [3.05, 3.63) is 29.1 Å². The zero-order valence-corrected chi connectivity index (χ0v) is 14.5. The molecule has 1 saturated heterocycles. The lowest BCUT2D eigenvalue weighted by atomic mass is 10.0. The molecule has 2 aliphatic rings. The zero-order chi connectivity index (χ0) is 17.6. The second kappa shape index (κ2) is 8.41. The average molecular weight is 319 g/mol. The minimum atomic E-state index is -0.557. The van der Waals surface area contributed by atoms with Crippen molar-refractivity contribution in [1.82, 2.24) is 15.2 Å². The molecule has 1 atom stereocenters. The lowest BCUT2D eigenvalue weighted by Crippen LogP contribution is -2.52. The van der Waals surface area contributed by atoms with Crippen LogP contribution in [0.5, 0.6) is 0 Å². The molecule has 1 N–H and O–H groups in total. The molecule has 0 aromatic carbocycles. The fourth-order valence-corrected chi connectivity index (χ4v) is 2.58. The van der Waals surface area contributed by atoms with Crippen molar-refractivity contribution in [1.29, 1.82) is 0 Å². The SMILES string of the molecule is CC.CC.Cc1cc2c(cn1)C(=O)N(C1CCC(=O)NC1=O)C2. The molecule has 3 amide bonds. The van der Waals surface area contributed by atoms with Gasteiger partial charge in [0.2, 0.25) is 11.8 Å². The number of piperidine rings is 1. The number of aryl methyl sites for hydroxylation is 1. The highest BCUT2D eigenvalue weighted by atomic mass is 16.2. The van der Waals surface area contributed by atoms with Gasteiger partial charge in [-0.25, -0.2) is 0 Å². The molecular weight excluding hydrogens is 294 g/mol. The molecule has 1 fully saturated rings. The van der Waals surface area contributed by atoms with Gasteiger partial charge in [0.05, 0.1) is 5.56 Å². The summed E-state index contributed by atoms with van der Waals surface area (Å²) in [4.78, 5) is 40.8. The van der Waals surface area contributed by atoms with Crippen molar-refractivity contribution in [3.8, 4) is 0 Å². The van der Waals surface area contributed by atoms with Crippen molar-refractivity contribution in [2.24, 2.45) is 0 Å². The summed E-state index contributed by atoms with van der Waals surface area (Å²) in [6.45, 7) is 10.3. The van der Waals surface area contributed by atoms with E-state index in [1.165, 1.54) is 4.90 Å². The third-order valence-corrected chi connectivity index (χ3v) is 3.54. The summed E-state index contributed by atoms with van der Waals surface area (Å²) in [5.41, 5.74) is 2.29. The summed E-state index contributed by atoms with van der Waals surface area (Å²) in [5.74, 6) is -0.845. The van der Waals surface area contributed by atoms with Gasteiger partial charge in [-0.15, -0.1) is 0 Å². The van der Waals surface area contributed by atoms with Crippen LogP contribution in [0.4, 0.5) is 0 Å². The molecule has 0 spiro atoms. The number of pyridine rings is 1. The van der Waals surface area contributed by atoms with Crippen LogP contribution in [-0.2, 0) is 16.1 Å². The summed E-state index contributed by atoms with van der Waals surface area (Å²) >= 11 is 0. The molecule has 2 aliphatic heterocycles. The average Bonchev–Trinajstić information content (AvgIpc) is 2.87. The Kier molecular flexibility index (Phi) is 6.88. The van der Waals surface area contributed by atoms with Gasteiger partial charge in [-0.05, 0) is 25.0 Å². The number of hydrogen-bond acceptors (Lipinski definition) is 4. The van der Waals surface area contributed by atoms with Crippen LogP contribution in [0.2, 0.25) is 0 Å². The highest BCUT2D eigenvalue weighted by molar-refractivity contribution is 6.05. The Morgan fingerprint density at radius 3 is 2.43 bits per heavy atom. The van der Waals surface area contributed by atoms with Crippen molar-refractivity contribution in [2.75, 3.05) is 0 Å². The van der Waals surface area contributed by atoms with Crippen molar-refractivity contribution < 1.29 is 14.4 Å². The lowest BCUT2D eigenvalue weighted by Gasteiger charge is -2.29. The summed E-state index contributed by atoms with van der Waals surface area (Å²) in [5, 5.41) is 2.28. The Balaban J connectivity index is 0.000000615. The van der Waals surface area contributed by atoms with Gasteiger partial charge in [0.15, 0.2) is 0 Å². The van der Waals surface area contributed by atoms with Gasteiger partial charge in [0.25, 0.3) is 5.91 Å². The highest BCUT2D eigenvalue weighted by Gasteiger charge is 2.39. The molecule has 0 radical (unpaired) electrons. The quantitative estimate of drug-likeness (QED) is 0.805. The number of amides is 3. The standard InChI is InChI=1S/C13H13N3O3.2C2H6/c1-7-4-8-6-16(13(19)9(8)5-14-7)10-2-3-11(17)15-12(10)18;2*1-2/h4-5,10H,2-3,6H2,1H3,(H,15,17,18);2*1-2H3. The van der Waals surface area contributed by atoms with Gasteiger partial charge in [-0.1, -0.05) is 27.7 Å². The van der Waals surface area contributed by atoms with E-state index in [4.69, 9.17) is 0 Å². The van der Waals surface area contributed by atoms with E-state index >= 15 is 0 Å². The van der Waals surface area contributed by atoms with Gasteiger partial charge < -0.3 is 4.90 Å². The molecule has 6 heteroatoms. The molecule has 3 heterocycles. The molecular formula is C17H25N3O3. The number of carbonyl (C=O) groups excluding carboxylic acids is 3. The van der Waals surface area contributed by atoms with Crippen LogP contribution in [0.15, 0.2) is 12.3 Å². The Bertz CT molecular complexity index is 599. The number of carbonyl (C=O) groups is 3. The molecule has 1 unspecified atom stereocenters. The van der Waals surface area contributed by atoms with E-state index in [0.717, 1.165) is 11.3 Å². The minimum Gasteiger partial charge on any atom is -0.322 e. The van der Waals surface area contributed by atoms with Crippen LogP contribution >= 0.6 is 0 Å². The third kappa shape index (κ3) is 3.94. The number of aromatic nitrogens is 1. The molecule has 0 saturated carbocycles. The lowest BCUT2D eigenvalue weighted by molar-refractivity contribution is -0.136. The number of nitrogens with zero attached hydrogens (tertiary/aromatic N) is 2. The number of imide groups is 1. The van der Waals surface area contributed by atoms with Crippen molar-refractivity contribution in [2.45, 2.75) is 60.0 Å². The second-order valence-corrected chi connectivity index (χ2v) is 4.88. The van der Waals surface area contributed by atoms with Crippen LogP contribution in [0, 0.1) is 6.92 Å². The molecule has 6 nitrogen and oxygen atoms in total. The van der Waals surface area contributed by atoms with Gasteiger partial charge >= 0.3 is 0 Å². The van der Waals surface area contributed by atoms with Crippen molar-refractivity contribution >= 4 is 17.7 Å². The Labute approximate surface area is 137 Å². The van der Waals surface area contributed by atoms with Crippen LogP contribution in [0.1, 0.15) is 62.2 Å². The van der Waals surface area contributed by atoms with Gasteiger partial charge in [0.1, 0.15) is 6.04 Å². The highest BCUT2D eigenvalue weighted by Crippen LogP contribution is 2.27. The van der Waals surface area contributed by atoms with Crippen LogP contribution in [0.25, 0.3) is 0 Å². The largest absolute Gasteiger partial charge is 0.322 e. The maximum atomic E-state index is 12.3. The summed E-state index contributed by atoms with van der Waals surface area (Å²) in [6.07, 6.45) is 2.21. The fraction of sp³-hybridized carbons (Fsp3) is 0.529. The van der Waals surface area contributed by atoms with E-state index in [-0.39, 0.29) is 24.1 Å². The molecule has 0 aliphatic carbocycles. The maximum Gasteiger partial charge on any atom is 0.256 e. The van der Waals surface area contributed by atoms with Crippen LogP contribution < -0.4 is 5.32 Å². The van der Waals surface area contributed by atoms with E-state index in [1.807, 2.05) is 40.7 Å². The molecule has 1 aromatic heterocycles. The Morgan fingerprint density at radius 1 is 1.17 bits per heavy atom. The van der Waals surface area contributed by atoms with Crippen LogP contribution in [-0.4, -0.2) is 33.6 Å². The third-order valence-electron chi connectivity index (χ3n) is 3.54. The number of hydrogen-bond donors (Lipinski definition) is 1. The Morgan fingerprint density at radius 2 is 1.83 bits per heavy atom. The second-order valence-electron chi connectivity index (χ2n) is 4.88. The van der Waals surface area contributed by atoms with Gasteiger partial charge in [-0.3, -0.25) is 24.7 Å². The van der Waals surface area contributed by atoms with E-state index in [0.29, 0.717) is 18.5 Å². The fourth-order valence-electron chi connectivity index (χ4n) is 2.58. The topological polar surface area (TPSA) is 79.4 Å². The van der Waals surface area contributed by atoms with Gasteiger partial charge in [0, 0.05) is 24.9 Å². The van der Waals surface area contributed by atoms with Crippen molar-refractivity contribution in [3.63, 3.8) is 0 Å². The monoisotopic (exact) mass is 319 g/mol. The molecule has 23 heavy (non-hydrogen) atoms. The normalized spacial score (nSPS) is 19.1. The van der Waals surface area contributed by atoms with E-state index < -0.39 is 6.04 Å². The predicted molar refractivity (Wildman–Crippen MR) is 87.7 cm³/mol. The summed E-state index contributed by atoms with van der Waals surface area (Å²) in [6, 6.07) is 1.30. The zero-order valence-electron chi connectivity index (χ0n) is 14.5. The first-order valence-electron chi connectivity index (χ1n) is 8.16. The molecule has 1 aromatic rings.